The quantitative estimate of drug-likeness (QED) is 0.838. The van der Waals surface area contributed by atoms with Crippen LogP contribution in [0.15, 0.2) is 18.3 Å². The zero-order chi connectivity index (χ0) is 15.1. The first-order chi connectivity index (χ1) is 10.1. The van der Waals surface area contributed by atoms with Crippen LogP contribution in [0.25, 0.3) is 0 Å². The Kier molecular flexibility index (Phi) is 6.61. The Hall–Kier alpha value is -0.970. The highest BCUT2D eigenvalue weighted by Gasteiger charge is 2.18. The minimum Gasteiger partial charge on any atom is -0.374 e. The molecule has 0 bridgehead atoms. The maximum Gasteiger partial charge on any atom is 0.0888 e. The number of piperidine rings is 1. The molecule has 2 heterocycles. The second-order valence-electron chi connectivity index (χ2n) is 6.34. The molecule has 4 heteroatoms. The first kappa shape index (κ1) is 16.4. The van der Waals surface area contributed by atoms with Crippen LogP contribution in [-0.2, 0) is 17.9 Å². The molecule has 1 N–H and O–H groups in total. The third kappa shape index (κ3) is 5.73. The summed E-state index contributed by atoms with van der Waals surface area (Å²) in [5.41, 5.74) is 2.24. The molecule has 21 heavy (non-hydrogen) atoms. The number of ether oxygens (including phenoxy) is 1. The second-order valence-corrected chi connectivity index (χ2v) is 6.34. The highest BCUT2D eigenvalue weighted by molar-refractivity contribution is 5.13. The smallest absolute Gasteiger partial charge is 0.0888 e. The van der Waals surface area contributed by atoms with E-state index in [2.05, 4.69) is 48.2 Å². The number of likely N-dealkylation sites (tertiary alicyclic amines) is 1. The largest absolute Gasteiger partial charge is 0.374 e. The molecule has 1 aliphatic heterocycles. The average Bonchev–Trinajstić information content (AvgIpc) is 2.48. The molecule has 0 aromatic carbocycles. The summed E-state index contributed by atoms with van der Waals surface area (Å²) >= 11 is 0. The number of rotatable bonds is 7. The van der Waals surface area contributed by atoms with Gasteiger partial charge in [-0.15, -0.1) is 0 Å². The van der Waals surface area contributed by atoms with Crippen LogP contribution in [0.5, 0.6) is 0 Å². The molecule has 0 spiro atoms. The molecule has 0 saturated carbocycles. The summed E-state index contributed by atoms with van der Waals surface area (Å²) in [5, 5.41) is 3.40. The molecular formula is C17H29N3O. The van der Waals surface area contributed by atoms with Gasteiger partial charge in [-0.2, -0.15) is 0 Å². The van der Waals surface area contributed by atoms with Gasteiger partial charge in [0.25, 0.3) is 0 Å². The Morgan fingerprint density at radius 1 is 1.38 bits per heavy atom. The van der Waals surface area contributed by atoms with Crippen LogP contribution in [0.1, 0.15) is 44.4 Å². The van der Waals surface area contributed by atoms with Gasteiger partial charge in [0.1, 0.15) is 0 Å². The topological polar surface area (TPSA) is 37.4 Å². The molecule has 0 amide bonds. The number of nitrogens with zero attached hydrogens (tertiary/aromatic N) is 2. The highest BCUT2D eigenvalue weighted by Crippen LogP contribution is 2.15. The molecule has 1 aromatic rings. The van der Waals surface area contributed by atoms with Crippen LogP contribution in [0.4, 0.5) is 0 Å². The van der Waals surface area contributed by atoms with Gasteiger partial charge >= 0.3 is 0 Å². The van der Waals surface area contributed by atoms with E-state index in [1.807, 2.05) is 6.20 Å². The predicted octanol–water partition coefficient (Wildman–Crippen LogP) is 2.58. The molecule has 1 atom stereocenters. The third-order valence-corrected chi connectivity index (χ3v) is 4.08. The molecule has 1 aliphatic rings. The van der Waals surface area contributed by atoms with E-state index in [0.717, 1.165) is 18.8 Å². The van der Waals surface area contributed by atoms with E-state index in [0.29, 0.717) is 18.7 Å². The van der Waals surface area contributed by atoms with Gasteiger partial charge in [-0.3, -0.25) is 4.98 Å². The number of aromatic nitrogens is 1. The van der Waals surface area contributed by atoms with E-state index in [9.17, 15) is 0 Å². The summed E-state index contributed by atoms with van der Waals surface area (Å²) < 4.78 is 5.85. The van der Waals surface area contributed by atoms with Crippen LogP contribution in [0, 0.1) is 0 Å². The molecule has 1 aromatic heterocycles. The Labute approximate surface area is 128 Å². The Balaban J connectivity index is 1.70. The van der Waals surface area contributed by atoms with Crippen molar-refractivity contribution in [2.75, 3.05) is 20.2 Å². The summed E-state index contributed by atoms with van der Waals surface area (Å²) in [6, 6.07) is 5.28. The summed E-state index contributed by atoms with van der Waals surface area (Å²) in [5.74, 6) is 0. The monoisotopic (exact) mass is 291 g/mol. The highest BCUT2D eigenvalue weighted by atomic mass is 16.5. The van der Waals surface area contributed by atoms with E-state index in [1.165, 1.54) is 31.4 Å². The number of nitrogens with one attached hydrogen (secondary N) is 1. The zero-order valence-electron chi connectivity index (χ0n) is 13.6. The van der Waals surface area contributed by atoms with Crippen molar-refractivity contribution in [3.63, 3.8) is 0 Å². The minimum atomic E-state index is 0.500. The molecule has 1 fully saturated rings. The fourth-order valence-electron chi connectivity index (χ4n) is 2.62. The Morgan fingerprint density at radius 3 is 2.90 bits per heavy atom. The lowest BCUT2D eigenvalue weighted by Gasteiger charge is -2.32. The Morgan fingerprint density at radius 2 is 2.24 bits per heavy atom. The molecule has 0 radical (unpaired) electrons. The second kappa shape index (κ2) is 8.47. The fraction of sp³-hybridized carbons (Fsp3) is 0.706. The van der Waals surface area contributed by atoms with Crippen LogP contribution in [-0.4, -0.2) is 42.2 Å². The number of hydrogen-bond acceptors (Lipinski definition) is 4. The van der Waals surface area contributed by atoms with Crippen LogP contribution in [0.2, 0.25) is 0 Å². The summed E-state index contributed by atoms with van der Waals surface area (Å²) in [4.78, 5) is 6.89. The van der Waals surface area contributed by atoms with Gasteiger partial charge < -0.3 is 15.0 Å². The fourth-order valence-corrected chi connectivity index (χ4v) is 2.62. The normalized spacial score (nSPS) is 20.1. The maximum absolute atomic E-state index is 5.85. The number of likely N-dealkylation sites (N-methyl/N-ethyl adjacent to an activating group) is 1. The van der Waals surface area contributed by atoms with Gasteiger partial charge in [-0.25, -0.2) is 0 Å². The van der Waals surface area contributed by atoms with Crippen molar-refractivity contribution in [2.45, 2.75) is 58.3 Å². The molecule has 1 unspecified atom stereocenters. The van der Waals surface area contributed by atoms with E-state index < -0.39 is 0 Å². The molecule has 2 rings (SSSR count). The van der Waals surface area contributed by atoms with E-state index in [-0.39, 0.29) is 0 Å². The van der Waals surface area contributed by atoms with Gasteiger partial charge in [0.2, 0.25) is 0 Å². The van der Waals surface area contributed by atoms with E-state index in [1.54, 1.807) is 0 Å². The standard InChI is InChI=1S/C17H29N3O/c1-14(2)18-10-15-7-8-16(19-11-15)12-21-13-17-6-4-5-9-20(17)3/h7-8,11,14,17-18H,4-6,9-10,12-13H2,1-3H3. The lowest BCUT2D eigenvalue weighted by Crippen LogP contribution is -2.39. The van der Waals surface area contributed by atoms with Crippen LogP contribution in [0.3, 0.4) is 0 Å². The van der Waals surface area contributed by atoms with Crippen molar-refractivity contribution < 1.29 is 4.74 Å². The van der Waals surface area contributed by atoms with Crippen molar-refractivity contribution >= 4 is 0 Å². The van der Waals surface area contributed by atoms with Gasteiger partial charge in [0.05, 0.1) is 18.9 Å². The lowest BCUT2D eigenvalue weighted by molar-refractivity contribution is 0.0431. The molecule has 0 aliphatic carbocycles. The zero-order valence-corrected chi connectivity index (χ0v) is 13.6. The number of hydrogen-bond donors (Lipinski definition) is 1. The first-order valence-electron chi connectivity index (χ1n) is 8.10. The van der Waals surface area contributed by atoms with Crippen molar-refractivity contribution in [3.8, 4) is 0 Å². The third-order valence-electron chi connectivity index (χ3n) is 4.08. The molecular weight excluding hydrogens is 262 g/mol. The van der Waals surface area contributed by atoms with Crippen molar-refractivity contribution in [3.05, 3.63) is 29.6 Å². The van der Waals surface area contributed by atoms with Gasteiger partial charge in [0, 0.05) is 24.8 Å². The maximum atomic E-state index is 5.85. The predicted molar refractivity (Wildman–Crippen MR) is 86.1 cm³/mol. The molecule has 4 nitrogen and oxygen atoms in total. The number of pyridine rings is 1. The first-order valence-corrected chi connectivity index (χ1v) is 8.10. The van der Waals surface area contributed by atoms with E-state index in [4.69, 9.17) is 4.74 Å². The SMILES string of the molecule is CC(C)NCc1ccc(COCC2CCCCN2C)nc1. The van der Waals surface area contributed by atoms with Gasteiger partial charge in [0.15, 0.2) is 0 Å². The van der Waals surface area contributed by atoms with Crippen molar-refractivity contribution in [1.82, 2.24) is 15.2 Å². The van der Waals surface area contributed by atoms with Crippen molar-refractivity contribution in [1.29, 1.82) is 0 Å². The minimum absolute atomic E-state index is 0.500. The molecule has 118 valence electrons. The van der Waals surface area contributed by atoms with Gasteiger partial charge in [-0.05, 0) is 38.1 Å². The summed E-state index contributed by atoms with van der Waals surface area (Å²) in [7, 11) is 2.20. The Bertz CT molecular complexity index is 405. The van der Waals surface area contributed by atoms with E-state index >= 15 is 0 Å². The molecule has 1 saturated heterocycles. The van der Waals surface area contributed by atoms with Crippen molar-refractivity contribution in [2.24, 2.45) is 0 Å². The lowest BCUT2D eigenvalue weighted by atomic mass is 10.0. The van der Waals surface area contributed by atoms with Gasteiger partial charge in [-0.1, -0.05) is 26.3 Å². The summed E-state index contributed by atoms with van der Waals surface area (Å²) in [6.07, 6.45) is 5.85. The average molecular weight is 291 g/mol. The van der Waals surface area contributed by atoms with Crippen LogP contribution < -0.4 is 5.32 Å². The summed E-state index contributed by atoms with van der Waals surface area (Å²) in [6.45, 7) is 7.80. The van der Waals surface area contributed by atoms with Crippen LogP contribution >= 0.6 is 0 Å².